The summed E-state index contributed by atoms with van der Waals surface area (Å²) in [5.41, 5.74) is 0. The fourth-order valence-electron chi connectivity index (χ4n) is 2.80. The van der Waals surface area contributed by atoms with E-state index in [-0.39, 0.29) is 0 Å². The van der Waals surface area contributed by atoms with Crippen LogP contribution in [0.1, 0.15) is 0 Å². The van der Waals surface area contributed by atoms with Crippen molar-refractivity contribution in [2.24, 2.45) is 0 Å². The molecule has 8 heteroatoms. The molecule has 0 bridgehead atoms. The average molecular weight is 431 g/mol. The average Bonchev–Trinajstić information content (AvgIpc) is 2.69. The van der Waals surface area contributed by atoms with Crippen LogP contribution < -0.4 is 15.7 Å². The molecule has 5 nitrogen and oxygen atoms in total. The van der Waals surface area contributed by atoms with Gasteiger partial charge in [0.15, 0.2) is 0 Å². The molecule has 0 saturated carbocycles. The lowest BCUT2D eigenvalue weighted by atomic mass is 10.4. The van der Waals surface area contributed by atoms with Crippen LogP contribution >= 0.6 is 7.60 Å². The highest BCUT2D eigenvalue weighted by Crippen LogP contribution is 2.50. The fourth-order valence-corrected chi connectivity index (χ4v) is 10.9. The molecule has 0 aliphatic rings. The van der Waals surface area contributed by atoms with Gasteiger partial charge in [0.1, 0.15) is 0 Å². The van der Waals surface area contributed by atoms with Crippen molar-refractivity contribution in [1.29, 1.82) is 0 Å². The largest absolute Gasteiger partial charge is 0.407 e. The topological polar surface area (TPSA) is 76.0 Å². The highest BCUT2D eigenvalue weighted by molar-refractivity contribution is 7.65. The van der Waals surface area contributed by atoms with Crippen LogP contribution in [0.25, 0.3) is 0 Å². The molecule has 146 valence electrons. The summed E-state index contributed by atoms with van der Waals surface area (Å²) >= 11 is 0. The van der Waals surface area contributed by atoms with Crippen LogP contribution in [0.3, 0.4) is 0 Å². The molecule has 2 N–H and O–H groups in total. The molecule has 0 aliphatic heterocycles. The second kappa shape index (κ2) is 8.26. The van der Waals surface area contributed by atoms with E-state index in [1.165, 1.54) is 0 Å². The molecule has 28 heavy (non-hydrogen) atoms. The third kappa shape index (κ3) is 4.76. The summed E-state index contributed by atoms with van der Waals surface area (Å²) in [6.07, 6.45) is 0. The maximum absolute atomic E-state index is 13.9. The molecule has 3 rings (SSSR count). The molecule has 2 unspecified atom stereocenters. The van der Waals surface area contributed by atoms with Gasteiger partial charge in [-0.3, -0.25) is 4.57 Å². The van der Waals surface area contributed by atoms with Gasteiger partial charge in [0.25, 0.3) is 0 Å². The Bertz CT molecular complexity index is 893. The lowest BCUT2D eigenvalue weighted by molar-refractivity contribution is 0.319. The number of rotatable bonds is 7. The van der Waals surface area contributed by atoms with E-state index in [1.807, 2.05) is 12.1 Å². The molecule has 0 aromatic heterocycles. The second-order valence-electron chi connectivity index (χ2n) is 6.71. The SMILES string of the molecule is C[Si](O)(OP(=O)(O[Si](C)(O)c1ccccc1)c1ccccc1)c1ccccc1. The van der Waals surface area contributed by atoms with Crippen LogP contribution in [0.2, 0.25) is 13.1 Å². The van der Waals surface area contributed by atoms with Crippen molar-refractivity contribution in [2.75, 3.05) is 0 Å². The highest BCUT2D eigenvalue weighted by Gasteiger charge is 2.46. The Morgan fingerprint density at radius 1 is 0.643 bits per heavy atom. The maximum atomic E-state index is 13.9. The van der Waals surface area contributed by atoms with Gasteiger partial charge in [-0.1, -0.05) is 78.9 Å². The molecule has 0 radical (unpaired) electrons. The number of hydrogen-bond donors (Lipinski definition) is 2. The van der Waals surface area contributed by atoms with Crippen LogP contribution in [0.4, 0.5) is 0 Å². The summed E-state index contributed by atoms with van der Waals surface area (Å²) in [7, 11) is -11.2. The highest BCUT2D eigenvalue weighted by atomic mass is 31.2. The van der Waals surface area contributed by atoms with E-state index < -0.39 is 24.7 Å². The molecule has 3 aromatic carbocycles. The minimum Gasteiger partial charge on any atom is -0.407 e. The predicted molar refractivity (Wildman–Crippen MR) is 116 cm³/mol. The summed E-state index contributed by atoms with van der Waals surface area (Å²) < 4.78 is 25.6. The lowest BCUT2D eigenvalue weighted by Crippen LogP contribution is -2.52. The van der Waals surface area contributed by atoms with Crippen LogP contribution in [0.5, 0.6) is 0 Å². The smallest absolute Gasteiger partial charge is 0.374 e. The molecule has 2 atom stereocenters. The molecule has 0 heterocycles. The van der Waals surface area contributed by atoms with Gasteiger partial charge in [-0.15, -0.1) is 0 Å². The molecular weight excluding hydrogens is 407 g/mol. The van der Waals surface area contributed by atoms with E-state index in [0.29, 0.717) is 15.7 Å². The minimum atomic E-state index is -4.02. The van der Waals surface area contributed by atoms with E-state index in [9.17, 15) is 14.2 Å². The van der Waals surface area contributed by atoms with E-state index in [4.69, 9.17) is 8.43 Å². The van der Waals surface area contributed by atoms with Gasteiger partial charge in [-0.05, 0) is 35.6 Å². The fraction of sp³-hybridized carbons (Fsp3) is 0.100. The Kier molecular flexibility index (Phi) is 6.17. The molecule has 3 aromatic rings. The van der Waals surface area contributed by atoms with Crippen molar-refractivity contribution >= 4 is 40.4 Å². The van der Waals surface area contributed by atoms with E-state index in [2.05, 4.69) is 0 Å². The zero-order chi connectivity index (χ0) is 20.3. The Hall–Kier alpha value is -1.84. The third-order valence-electron chi connectivity index (χ3n) is 4.29. The molecule has 0 spiro atoms. The third-order valence-corrected chi connectivity index (χ3v) is 12.8. The lowest BCUT2D eigenvalue weighted by Gasteiger charge is -2.32. The first kappa shape index (κ1) is 20.9. The van der Waals surface area contributed by atoms with Gasteiger partial charge in [-0.2, -0.15) is 0 Å². The molecular formula is C20H23O5PSi2. The Morgan fingerprint density at radius 2 is 0.964 bits per heavy atom. The first-order valence-electron chi connectivity index (χ1n) is 8.86. The van der Waals surface area contributed by atoms with Gasteiger partial charge >= 0.3 is 24.7 Å². The van der Waals surface area contributed by atoms with Gasteiger partial charge in [0, 0.05) is 0 Å². The summed E-state index contributed by atoms with van der Waals surface area (Å²) in [5.74, 6) is 0. The second-order valence-corrected chi connectivity index (χ2v) is 14.8. The Morgan fingerprint density at radius 3 is 1.32 bits per heavy atom. The molecule has 0 fully saturated rings. The zero-order valence-corrected chi connectivity index (χ0v) is 18.6. The van der Waals surface area contributed by atoms with Crippen molar-refractivity contribution in [2.45, 2.75) is 13.1 Å². The standard InChI is InChI=1S/C20H23O5PSi2/c1-27(22,19-14-8-4-9-15-19)24-26(21,18-12-6-3-7-13-18)25-28(2,23)20-16-10-5-11-17-20/h3-17,22-23H,1-2H3. The summed E-state index contributed by atoms with van der Waals surface area (Å²) in [6, 6.07) is 26.1. The first-order valence-corrected chi connectivity index (χ1v) is 15.1. The zero-order valence-electron chi connectivity index (χ0n) is 15.7. The van der Waals surface area contributed by atoms with Gasteiger partial charge in [0.2, 0.25) is 0 Å². The summed E-state index contributed by atoms with van der Waals surface area (Å²) in [6.45, 7) is 3.08. The van der Waals surface area contributed by atoms with E-state index in [1.54, 1.807) is 92.0 Å². The van der Waals surface area contributed by atoms with E-state index >= 15 is 0 Å². The van der Waals surface area contributed by atoms with Crippen molar-refractivity contribution in [3.63, 3.8) is 0 Å². The quantitative estimate of drug-likeness (QED) is 0.445. The van der Waals surface area contributed by atoms with Crippen molar-refractivity contribution in [3.05, 3.63) is 91.0 Å². The maximum Gasteiger partial charge on any atom is 0.374 e. The minimum absolute atomic E-state index is 0.294. The normalized spacial score (nSPS) is 17.9. The summed E-state index contributed by atoms with van der Waals surface area (Å²) in [4.78, 5) is 22.1. The van der Waals surface area contributed by atoms with Crippen molar-refractivity contribution in [1.82, 2.24) is 0 Å². The van der Waals surface area contributed by atoms with Crippen molar-refractivity contribution < 1.29 is 22.6 Å². The molecule has 0 saturated heterocycles. The number of benzene rings is 3. The number of hydrogen-bond acceptors (Lipinski definition) is 5. The van der Waals surface area contributed by atoms with Crippen molar-refractivity contribution in [3.8, 4) is 0 Å². The molecule has 0 aliphatic carbocycles. The first-order chi connectivity index (χ1) is 13.2. The van der Waals surface area contributed by atoms with Crippen LogP contribution in [0, 0.1) is 0 Å². The Labute approximate surface area is 167 Å². The van der Waals surface area contributed by atoms with Crippen LogP contribution in [-0.4, -0.2) is 26.7 Å². The Balaban J connectivity index is 2.01. The van der Waals surface area contributed by atoms with E-state index in [0.717, 1.165) is 0 Å². The van der Waals surface area contributed by atoms with Crippen LogP contribution in [0.15, 0.2) is 91.0 Å². The summed E-state index contributed by atoms with van der Waals surface area (Å²) in [5, 5.41) is 1.42. The van der Waals surface area contributed by atoms with Gasteiger partial charge in [0.05, 0.1) is 5.30 Å². The van der Waals surface area contributed by atoms with Crippen LogP contribution in [-0.2, 0) is 13.0 Å². The monoisotopic (exact) mass is 430 g/mol. The van der Waals surface area contributed by atoms with Gasteiger partial charge in [-0.25, -0.2) is 0 Å². The predicted octanol–water partition coefficient (Wildman–Crippen LogP) is 2.48. The molecule has 0 amide bonds. The van der Waals surface area contributed by atoms with Gasteiger partial charge < -0.3 is 18.0 Å².